The van der Waals surface area contributed by atoms with E-state index in [1.165, 1.54) is 18.2 Å². The van der Waals surface area contributed by atoms with E-state index in [1.54, 1.807) is 43.4 Å². The van der Waals surface area contributed by atoms with Crippen LogP contribution in [0.5, 0.6) is 0 Å². The molecule has 2 atom stereocenters. The SMILES string of the molecule is C[NH+](CC(=O)Nc1cccc(F)c1)[C@@H](C(=O)NC(N)=O)c1ccccc1. The number of urea groups is 1. The molecule has 0 spiro atoms. The standard InChI is InChI=1S/C18H19FN4O3/c1-23(11-15(24)21-14-9-5-8-13(19)10-14)16(17(25)22-18(20)26)12-6-3-2-4-7-12/h2-10,16H,11H2,1H3,(H,21,24)(H3,20,22,25,26)/p+1/t16-/m1/s1. The molecule has 0 saturated carbocycles. The van der Waals surface area contributed by atoms with Crippen molar-refractivity contribution in [1.82, 2.24) is 5.32 Å². The molecule has 5 N–H and O–H groups in total. The average molecular weight is 359 g/mol. The lowest BCUT2D eigenvalue weighted by atomic mass is 10.0. The molecule has 0 radical (unpaired) electrons. The number of carbonyl (C=O) groups is 3. The number of primary amides is 1. The molecule has 1 unspecified atom stereocenters. The Balaban J connectivity index is 2.12. The van der Waals surface area contributed by atoms with Gasteiger partial charge in [-0.25, -0.2) is 9.18 Å². The van der Waals surface area contributed by atoms with Crippen LogP contribution in [0.25, 0.3) is 0 Å². The molecule has 0 aromatic heterocycles. The highest BCUT2D eigenvalue weighted by molar-refractivity contribution is 5.96. The zero-order chi connectivity index (χ0) is 19.1. The summed E-state index contributed by atoms with van der Waals surface area (Å²) in [6.45, 7) is -0.0811. The number of carbonyl (C=O) groups excluding carboxylic acids is 3. The van der Waals surface area contributed by atoms with Gasteiger partial charge in [0.05, 0.1) is 7.05 Å². The van der Waals surface area contributed by atoms with E-state index < -0.39 is 29.7 Å². The first-order valence-electron chi connectivity index (χ1n) is 7.90. The lowest BCUT2D eigenvalue weighted by Crippen LogP contribution is -3.11. The third kappa shape index (κ3) is 5.38. The maximum absolute atomic E-state index is 13.2. The smallest absolute Gasteiger partial charge is 0.319 e. The van der Waals surface area contributed by atoms with E-state index in [2.05, 4.69) is 10.6 Å². The number of benzene rings is 2. The van der Waals surface area contributed by atoms with E-state index in [4.69, 9.17) is 5.73 Å². The molecule has 7 nitrogen and oxygen atoms in total. The van der Waals surface area contributed by atoms with Gasteiger partial charge in [0.1, 0.15) is 5.82 Å². The van der Waals surface area contributed by atoms with Crippen LogP contribution < -0.4 is 21.3 Å². The first-order valence-corrected chi connectivity index (χ1v) is 7.90. The molecule has 0 aliphatic heterocycles. The summed E-state index contributed by atoms with van der Waals surface area (Å²) in [7, 11) is 1.64. The Hall–Kier alpha value is -3.26. The number of nitrogens with one attached hydrogen (secondary N) is 3. The third-order valence-corrected chi connectivity index (χ3v) is 3.68. The summed E-state index contributed by atoms with van der Waals surface area (Å²) in [6.07, 6.45) is 0. The van der Waals surface area contributed by atoms with Crippen LogP contribution in [0.2, 0.25) is 0 Å². The lowest BCUT2D eigenvalue weighted by molar-refractivity contribution is -0.894. The minimum Gasteiger partial charge on any atom is -0.351 e. The maximum atomic E-state index is 13.2. The van der Waals surface area contributed by atoms with E-state index in [0.717, 1.165) is 0 Å². The Morgan fingerprint density at radius 1 is 1.12 bits per heavy atom. The number of amides is 4. The number of hydrogen-bond acceptors (Lipinski definition) is 3. The van der Waals surface area contributed by atoms with Gasteiger partial charge in [-0.15, -0.1) is 0 Å². The topological polar surface area (TPSA) is 106 Å². The first kappa shape index (κ1) is 19.1. The number of hydrogen-bond donors (Lipinski definition) is 4. The minimum absolute atomic E-state index is 0.0811. The summed E-state index contributed by atoms with van der Waals surface area (Å²) in [6, 6.07) is 12.5. The third-order valence-electron chi connectivity index (χ3n) is 3.68. The van der Waals surface area contributed by atoms with Crippen molar-refractivity contribution in [3.05, 3.63) is 66.0 Å². The minimum atomic E-state index is -0.965. The monoisotopic (exact) mass is 359 g/mol. The Labute approximate surface area is 150 Å². The van der Waals surface area contributed by atoms with Crippen LogP contribution in [0, 0.1) is 5.82 Å². The van der Waals surface area contributed by atoms with Crippen molar-refractivity contribution in [3.63, 3.8) is 0 Å². The van der Waals surface area contributed by atoms with Crippen molar-refractivity contribution in [2.24, 2.45) is 5.73 Å². The van der Waals surface area contributed by atoms with Crippen molar-refractivity contribution in [1.29, 1.82) is 0 Å². The van der Waals surface area contributed by atoms with Gasteiger partial charge in [-0.3, -0.25) is 14.9 Å². The summed E-state index contributed by atoms with van der Waals surface area (Å²) >= 11 is 0. The molecule has 2 aromatic rings. The average Bonchev–Trinajstić information content (AvgIpc) is 2.55. The molecule has 8 heteroatoms. The van der Waals surface area contributed by atoms with Crippen LogP contribution in [0.15, 0.2) is 54.6 Å². The fraction of sp³-hybridized carbons (Fsp3) is 0.167. The Kier molecular flexibility index (Phi) is 6.40. The number of imide groups is 1. The number of quaternary nitrogens is 1. The largest absolute Gasteiger partial charge is 0.351 e. The van der Waals surface area contributed by atoms with Gasteiger partial charge >= 0.3 is 6.03 Å². The van der Waals surface area contributed by atoms with Gasteiger partial charge in [-0.05, 0) is 18.2 Å². The number of nitrogens with two attached hydrogens (primary N) is 1. The molecule has 2 aromatic carbocycles. The van der Waals surface area contributed by atoms with Crippen LogP contribution >= 0.6 is 0 Å². The zero-order valence-electron chi connectivity index (χ0n) is 14.2. The van der Waals surface area contributed by atoms with Gasteiger partial charge in [-0.2, -0.15) is 0 Å². The van der Waals surface area contributed by atoms with Gasteiger partial charge in [0.15, 0.2) is 12.6 Å². The first-order chi connectivity index (χ1) is 12.4. The summed E-state index contributed by atoms with van der Waals surface area (Å²) in [5, 5.41) is 4.63. The molecule has 26 heavy (non-hydrogen) atoms. The summed E-state index contributed by atoms with van der Waals surface area (Å²) in [4.78, 5) is 36.2. The second kappa shape index (κ2) is 8.72. The molecule has 0 bridgehead atoms. The zero-order valence-corrected chi connectivity index (χ0v) is 14.2. The maximum Gasteiger partial charge on any atom is 0.319 e. The lowest BCUT2D eigenvalue weighted by Gasteiger charge is -2.23. The molecule has 2 rings (SSSR count). The molecular weight excluding hydrogens is 339 g/mol. The van der Waals surface area contributed by atoms with Crippen molar-refractivity contribution in [3.8, 4) is 0 Å². The van der Waals surface area contributed by atoms with Crippen molar-refractivity contribution >= 4 is 23.5 Å². The Morgan fingerprint density at radius 2 is 1.81 bits per heavy atom. The molecule has 0 aliphatic rings. The van der Waals surface area contributed by atoms with E-state index in [0.29, 0.717) is 16.2 Å². The summed E-state index contributed by atoms with van der Waals surface area (Å²) in [5.41, 5.74) is 5.98. The Morgan fingerprint density at radius 3 is 2.42 bits per heavy atom. The number of rotatable bonds is 6. The number of anilines is 1. The summed E-state index contributed by atoms with van der Waals surface area (Å²) in [5.74, 6) is -1.48. The molecular formula is C18H20FN4O3+. The number of likely N-dealkylation sites (N-methyl/N-ethyl adjacent to an activating group) is 1. The van der Waals surface area contributed by atoms with Crippen molar-refractivity contribution in [2.75, 3.05) is 18.9 Å². The normalized spacial score (nSPS) is 12.7. The molecule has 4 amide bonds. The van der Waals surface area contributed by atoms with Crippen molar-refractivity contribution < 1.29 is 23.7 Å². The molecule has 0 fully saturated rings. The van der Waals surface area contributed by atoms with Crippen LogP contribution in [0.4, 0.5) is 14.9 Å². The molecule has 0 aliphatic carbocycles. The van der Waals surface area contributed by atoms with Gasteiger partial charge < -0.3 is 16.0 Å². The molecule has 136 valence electrons. The predicted octanol–water partition coefficient (Wildman–Crippen LogP) is 0.215. The van der Waals surface area contributed by atoms with Gasteiger partial charge in [0.25, 0.3) is 11.8 Å². The highest BCUT2D eigenvalue weighted by atomic mass is 19.1. The van der Waals surface area contributed by atoms with Gasteiger partial charge in [0.2, 0.25) is 0 Å². The van der Waals surface area contributed by atoms with E-state index in [-0.39, 0.29) is 6.54 Å². The quantitative estimate of drug-likeness (QED) is 0.593. The van der Waals surface area contributed by atoms with Crippen LogP contribution in [-0.4, -0.2) is 31.4 Å². The van der Waals surface area contributed by atoms with Crippen LogP contribution in [0.3, 0.4) is 0 Å². The highest BCUT2D eigenvalue weighted by Gasteiger charge is 2.31. The Bertz CT molecular complexity index is 798. The second-order valence-corrected chi connectivity index (χ2v) is 5.78. The van der Waals surface area contributed by atoms with E-state index >= 15 is 0 Å². The van der Waals surface area contributed by atoms with Gasteiger partial charge in [-0.1, -0.05) is 36.4 Å². The van der Waals surface area contributed by atoms with E-state index in [1.807, 2.05) is 0 Å². The second-order valence-electron chi connectivity index (χ2n) is 5.78. The highest BCUT2D eigenvalue weighted by Crippen LogP contribution is 2.10. The van der Waals surface area contributed by atoms with Crippen LogP contribution in [0.1, 0.15) is 11.6 Å². The summed E-state index contributed by atoms with van der Waals surface area (Å²) < 4.78 is 13.2. The van der Waals surface area contributed by atoms with Crippen LogP contribution in [-0.2, 0) is 9.59 Å². The fourth-order valence-electron chi connectivity index (χ4n) is 2.63. The van der Waals surface area contributed by atoms with Gasteiger partial charge in [0, 0.05) is 11.3 Å². The number of halogens is 1. The molecule has 0 saturated heterocycles. The molecule has 0 heterocycles. The van der Waals surface area contributed by atoms with E-state index in [9.17, 15) is 18.8 Å². The van der Waals surface area contributed by atoms with Crippen molar-refractivity contribution in [2.45, 2.75) is 6.04 Å². The fourth-order valence-corrected chi connectivity index (χ4v) is 2.63. The predicted molar refractivity (Wildman–Crippen MR) is 93.7 cm³/mol.